The predicted octanol–water partition coefficient (Wildman–Crippen LogP) is 2.72. The molecule has 0 saturated heterocycles. The highest BCUT2D eigenvalue weighted by atomic mass is 16.1. The summed E-state index contributed by atoms with van der Waals surface area (Å²) in [6.07, 6.45) is 10.2. The van der Waals surface area contributed by atoms with Crippen LogP contribution in [0.4, 0.5) is 0 Å². The summed E-state index contributed by atoms with van der Waals surface area (Å²) in [6.45, 7) is 0.780. The summed E-state index contributed by atoms with van der Waals surface area (Å²) in [5.41, 5.74) is 1.71. The van der Waals surface area contributed by atoms with Gasteiger partial charge in [-0.1, -0.05) is 0 Å². The molecule has 0 radical (unpaired) electrons. The van der Waals surface area contributed by atoms with Gasteiger partial charge >= 0.3 is 0 Å². The Morgan fingerprint density at radius 1 is 1.21 bits per heavy atom. The summed E-state index contributed by atoms with van der Waals surface area (Å²) in [6, 6.07) is 8.33. The van der Waals surface area contributed by atoms with E-state index in [0.717, 1.165) is 12.2 Å². The third-order valence-electron chi connectivity index (χ3n) is 5.03. The Morgan fingerprint density at radius 2 is 1.92 bits per heavy atom. The number of carbonyl (C=O) groups is 1. The van der Waals surface area contributed by atoms with E-state index in [1.54, 1.807) is 12.5 Å². The van der Waals surface area contributed by atoms with Gasteiger partial charge in [-0.15, -0.1) is 0 Å². The minimum atomic E-state index is 0.0157. The van der Waals surface area contributed by atoms with Crippen molar-refractivity contribution in [3.05, 3.63) is 48.5 Å². The third kappa shape index (κ3) is 4.03. The van der Waals surface area contributed by atoms with Gasteiger partial charge in [0.15, 0.2) is 0 Å². The fraction of sp³-hybridized carbons (Fsp3) is 0.474. The van der Waals surface area contributed by atoms with Gasteiger partial charge in [-0.05, 0) is 70.0 Å². The van der Waals surface area contributed by atoms with Crippen LogP contribution >= 0.6 is 0 Å². The second-order valence-corrected chi connectivity index (χ2v) is 6.87. The average Bonchev–Trinajstić information content (AvgIpc) is 3.15. The van der Waals surface area contributed by atoms with Crippen molar-refractivity contribution in [3.8, 4) is 5.69 Å². The van der Waals surface area contributed by atoms with Crippen LogP contribution in [0.15, 0.2) is 43.0 Å². The highest BCUT2D eigenvalue weighted by Gasteiger charge is 2.22. The topological polar surface area (TPSA) is 50.2 Å². The highest BCUT2D eigenvalue weighted by molar-refractivity contribution is 5.94. The molecular weight excluding hydrogens is 300 g/mol. The van der Waals surface area contributed by atoms with Crippen LogP contribution in [0.25, 0.3) is 5.69 Å². The van der Waals surface area contributed by atoms with Crippen LogP contribution in [0.3, 0.4) is 0 Å². The molecule has 0 unspecified atom stereocenters. The molecule has 1 aliphatic rings. The monoisotopic (exact) mass is 326 g/mol. The van der Waals surface area contributed by atoms with Crippen molar-refractivity contribution in [1.82, 2.24) is 19.8 Å². The lowest BCUT2D eigenvalue weighted by molar-refractivity contribution is 0.0938. The van der Waals surface area contributed by atoms with Gasteiger partial charge in [0.25, 0.3) is 5.91 Å². The lowest BCUT2D eigenvalue weighted by atomic mass is 9.85. The Hall–Kier alpha value is -2.14. The van der Waals surface area contributed by atoms with Crippen LogP contribution < -0.4 is 5.32 Å². The SMILES string of the molecule is CN(C)C1CCC(CNC(=O)c2ccc(-n3ccnc3)cc2)CC1. The summed E-state index contributed by atoms with van der Waals surface area (Å²) >= 11 is 0. The maximum atomic E-state index is 12.3. The summed E-state index contributed by atoms with van der Waals surface area (Å²) in [7, 11) is 4.31. The third-order valence-corrected chi connectivity index (χ3v) is 5.03. The number of carbonyl (C=O) groups excluding carboxylic acids is 1. The number of benzene rings is 1. The van der Waals surface area contributed by atoms with Crippen molar-refractivity contribution in [1.29, 1.82) is 0 Å². The van der Waals surface area contributed by atoms with Crippen LogP contribution in [-0.4, -0.2) is 47.0 Å². The van der Waals surface area contributed by atoms with Gasteiger partial charge in [-0.25, -0.2) is 4.98 Å². The number of nitrogens with one attached hydrogen (secondary N) is 1. The van der Waals surface area contributed by atoms with E-state index in [4.69, 9.17) is 0 Å². The second kappa shape index (κ2) is 7.62. The molecule has 1 aliphatic carbocycles. The molecule has 5 heteroatoms. The van der Waals surface area contributed by atoms with Crippen molar-refractivity contribution >= 4 is 5.91 Å². The first-order chi connectivity index (χ1) is 11.6. The van der Waals surface area contributed by atoms with Crippen molar-refractivity contribution in [3.63, 3.8) is 0 Å². The van der Waals surface area contributed by atoms with E-state index in [2.05, 4.69) is 29.3 Å². The van der Waals surface area contributed by atoms with E-state index in [1.165, 1.54) is 25.7 Å². The van der Waals surface area contributed by atoms with Crippen molar-refractivity contribution < 1.29 is 4.79 Å². The van der Waals surface area contributed by atoms with E-state index < -0.39 is 0 Å². The zero-order chi connectivity index (χ0) is 16.9. The molecule has 0 atom stereocenters. The summed E-state index contributed by atoms with van der Waals surface area (Å²) in [4.78, 5) is 18.7. The van der Waals surface area contributed by atoms with Gasteiger partial charge in [0, 0.05) is 36.2 Å². The first-order valence-corrected chi connectivity index (χ1v) is 8.66. The number of rotatable bonds is 5. The van der Waals surface area contributed by atoms with Crippen LogP contribution in [0.2, 0.25) is 0 Å². The molecule has 3 rings (SSSR count). The fourth-order valence-corrected chi connectivity index (χ4v) is 3.40. The highest BCUT2D eigenvalue weighted by Crippen LogP contribution is 2.26. The van der Waals surface area contributed by atoms with Gasteiger partial charge in [0.2, 0.25) is 0 Å². The molecule has 1 aromatic heterocycles. The summed E-state index contributed by atoms with van der Waals surface area (Å²) < 4.78 is 1.92. The molecule has 1 aromatic carbocycles. The van der Waals surface area contributed by atoms with Gasteiger partial charge in [-0.2, -0.15) is 0 Å². The smallest absolute Gasteiger partial charge is 0.251 e. The Bertz CT molecular complexity index is 641. The van der Waals surface area contributed by atoms with Gasteiger partial charge in [0.1, 0.15) is 0 Å². The lowest BCUT2D eigenvalue weighted by Gasteiger charge is -2.32. The number of aromatic nitrogens is 2. The predicted molar refractivity (Wildman–Crippen MR) is 95.3 cm³/mol. The second-order valence-electron chi connectivity index (χ2n) is 6.87. The number of hydrogen-bond acceptors (Lipinski definition) is 3. The summed E-state index contributed by atoms with van der Waals surface area (Å²) in [5.74, 6) is 0.622. The van der Waals surface area contributed by atoms with Crippen LogP contribution in [-0.2, 0) is 0 Å². The van der Waals surface area contributed by atoms with Crippen molar-refractivity contribution in [2.45, 2.75) is 31.7 Å². The average molecular weight is 326 g/mol. The molecular formula is C19H26N4O. The molecule has 24 heavy (non-hydrogen) atoms. The molecule has 0 spiro atoms. The fourth-order valence-electron chi connectivity index (χ4n) is 3.40. The van der Waals surface area contributed by atoms with Crippen LogP contribution in [0.5, 0.6) is 0 Å². The quantitative estimate of drug-likeness (QED) is 0.919. The Morgan fingerprint density at radius 3 is 2.50 bits per heavy atom. The first kappa shape index (κ1) is 16.7. The molecule has 1 fully saturated rings. The largest absolute Gasteiger partial charge is 0.352 e. The molecule has 1 saturated carbocycles. The van der Waals surface area contributed by atoms with Gasteiger partial charge in [-0.3, -0.25) is 4.79 Å². The maximum absolute atomic E-state index is 12.3. The number of imidazole rings is 1. The van der Waals surface area contributed by atoms with Crippen LogP contribution in [0, 0.1) is 5.92 Å². The standard InChI is InChI=1S/C19H26N4O/c1-22(2)17-7-3-15(4-8-17)13-21-19(24)16-5-9-18(10-6-16)23-12-11-20-14-23/h5-6,9-12,14-15,17H,3-4,7-8,13H2,1-2H3,(H,21,24). The van der Waals surface area contributed by atoms with E-state index >= 15 is 0 Å². The molecule has 1 N–H and O–H groups in total. The van der Waals surface area contributed by atoms with E-state index in [9.17, 15) is 4.79 Å². The van der Waals surface area contributed by atoms with Gasteiger partial charge in [0.05, 0.1) is 6.33 Å². The molecule has 1 heterocycles. The molecule has 128 valence electrons. The van der Waals surface area contributed by atoms with Crippen molar-refractivity contribution in [2.75, 3.05) is 20.6 Å². The number of hydrogen-bond donors (Lipinski definition) is 1. The lowest BCUT2D eigenvalue weighted by Crippen LogP contribution is -2.36. The normalized spacial score (nSPS) is 21.0. The molecule has 5 nitrogen and oxygen atoms in total. The molecule has 1 amide bonds. The van der Waals surface area contributed by atoms with E-state index in [-0.39, 0.29) is 5.91 Å². The van der Waals surface area contributed by atoms with Crippen molar-refractivity contribution in [2.24, 2.45) is 5.92 Å². The molecule has 0 aliphatic heterocycles. The Balaban J connectivity index is 1.49. The van der Waals surface area contributed by atoms with Gasteiger partial charge < -0.3 is 14.8 Å². The minimum Gasteiger partial charge on any atom is -0.352 e. The van der Waals surface area contributed by atoms with Crippen LogP contribution in [0.1, 0.15) is 36.0 Å². The Kier molecular flexibility index (Phi) is 5.30. The number of nitrogens with zero attached hydrogens (tertiary/aromatic N) is 3. The molecule has 0 bridgehead atoms. The summed E-state index contributed by atoms with van der Waals surface area (Å²) in [5, 5.41) is 3.10. The first-order valence-electron chi connectivity index (χ1n) is 8.66. The zero-order valence-corrected chi connectivity index (χ0v) is 14.5. The van der Waals surface area contributed by atoms with E-state index in [1.807, 2.05) is 35.0 Å². The minimum absolute atomic E-state index is 0.0157. The van der Waals surface area contributed by atoms with E-state index in [0.29, 0.717) is 17.5 Å². The maximum Gasteiger partial charge on any atom is 0.251 e. The Labute approximate surface area is 143 Å². The number of amides is 1. The zero-order valence-electron chi connectivity index (χ0n) is 14.5. The molecule has 2 aromatic rings.